The van der Waals surface area contributed by atoms with Crippen molar-refractivity contribution < 1.29 is 9.53 Å². The smallest absolute Gasteiger partial charge is 0.254 e. The van der Waals surface area contributed by atoms with Crippen LogP contribution >= 0.6 is 15.9 Å². The van der Waals surface area contributed by atoms with Gasteiger partial charge in [0, 0.05) is 11.6 Å². The number of nitrogens with zero attached hydrogens (tertiary/aromatic N) is 2. The van der Waals surface area contributed by atoms with Crippen molar-refractivity contribution in [1.29, 1.82) is 0 Å². The summed E-state index contributed by atoms with van der Waals surface area (Å²) in [4.78, 5) is 12.4. The second-order valence-corrected chi connectivity index (χ2v) is 6.52. The van der Waals surface area contributed by atoms with Crippen LogP contribution < -0.4 is 4.74 Å². The van der Waals surface area contributed by atoms with Gasteiger partial charge >= 0.3 is 0 Å². The first kappa shape index (κ1) is 15.0. The van der Waals surface area contributed by atoms with Crippen LogP contribution in [-0.2, 0) is 4.79 Å². The van der Waals surface area contributed by atoms with Crippen molar-refractivity contribution in [3.8, 4) is 5.75 Å². The Morgan fingerprint density at radius 3 is 2.45 bits per heavy atom. The van der Waals surface area contributed by atoms with Crippen molar-refractivity contribution in [2.75, 3.05) is 7.11 Å². The van der Waals surface area contributed by atoms with Crippen molar-refractivity contribution in [1.82, 2.24) is 5.01 Å². The SMILES string of the molecule is COc1ccc(C2=NN(C(C)C)C(=O)C2(C)C)cc1Br. The molecule has 1 aromatic rings. The maximum atomic E-state index is 12.4. The van der Waals surface area contributed by atoms with Gasteiger partial charge in [0.1, 0.15) is 5.75 Å². The number of hydrogen-bond acceptors (Lipinski definition) is 3. The van der Waals surface area contributed by atoms with Gasteiger partial charge < -0.3 is 4.74 Å². The first-order valence-corrected chi connectivity index (χ1v) is 7.35. The van der Waals surface area contributed by atoms with Crippen molar-refractivity contribution >= 4 is 27.5 Å². The topological polar surface area (TPSA) is 41.9 Å². The molecule has 0 aromatic heterocycles. The summed E-state index contributed by atoms with van der Waals surface area (Å²) in [7, 11) is 1.63. The fourth-order valence-corrected chi connectivity index (χ4v) is 2.79. The number of ether oxygens (including phenoxy) is 1. The van der Waals surface area contributed by atoms with Crippen molar-refractivity contribution in [3.05, 3.63) is 28.2 Å². The van der Waals surface area contributed by atoms with E-state index < -0.39 is 5.41 Å². The largest absolute Gasteiger partial charge is 0.496 e. The minimum absolute atomic E-state index is 0.0365. The molecule has 0 N–H and O–H groups in total. The normalized spacial score (nSPS) is 17.6. The molecule has 0 saturated carbocycles. The average Bonchev–Trinajstić information content (AvgIpc) is 2.61. The summed E-state index contributed by atoms with van der Waals surface area (Å²) in [5.41, 5.74) is 1.11. The fraction of sp³-hybridized carbons (Fsp3) is 0.467. The first-order chi connectivity index (χ1) is 9.28. The summed E-state index contributed by atoms with van der Waals surface area (Å²) in [6, 6.07) is 5.80. The van der Waals surface area contributed by atoms with Crippen LogP contribution in [0, 0.1) is 5.41 Å². The number of hydrazone groups is 1. The molecule has 0 spiro atoms. The highest BCUT2D eigenvalue weighted by Crippen LogP contribution is 2.35. The van der Waals surface area contributed by atoms with E-state index in [1.54, 1.807) is 12.1 Å². The quantitative estimate of drug-likeness (QED) is 0.847. The zero-order chi connectivity index (χ0) is 15.1. The van der Waals surface area contributed by atoms with Crippen LogP contribution in [0.1, 0.15) is 33.3 Å². The van der Waals surface area contributed by atoms with E-state index in [4.69, 9.17) is 4.74 Å². The molecule has 4 nitrogen and oxygen atoms in total. The van der Waals surface area contributed by atoms with Crippen molar-refractivity contribution in [2.45, 2.75) is 33.7 Å². The lowest BCUT2D eigenvalue weighted by atomic mass is 9.83. The summed E-state index contributed by atoms with van der Waals surface area (Å²) in [6.07, 6.45) is 0. The number of amides is 1. The molecule has 0 unspecified atom stereocenters. The van der Waals surface area contributed by atoms with Crippen LogP contribution in [0.25, 0.3) is 0 Å². The van der Waals surface area contributed by atoms with Crippen molar-refractivity contribution in [3.63, 3.8) is 0 Å². The molecule has 0 radical (unpaired) electrons. The maximum absolute atomic E-state index is 12.4. The number of benzene rings is 1. The van der Waals surface area contributed by atoms with E-state index in [2.05, 4.69) is 21.0 Å². The van der Waals surface area contributed by atoms with E-state index >= 15 is 0 Å². The van der Waals surface area contributed by atoms with Gasteiger partial charge in [0.25, 0.3) is 5.91 Å². The van der Waals surface area contributed by atoms with E-state index in [-0.39, 0.29) is 11.9 Å². The lowest BCUT2D eigenvalue weighted by Crippen LogP contribution is -2.37. The van der Waals surface area contributed by atoms with Gasteiger partial charge in [-0.1, -0.05) is 0 Å². The molecule has 0 atom stereocenters. The van der Waals surface area contributed by atoms with E-state index in [1.807, 2.05) is 45.9 Å². The number of methoxy groups -OCH3 is 1. The summed E-state index contributed by atoms with van der Waals surface area (Å²) in [6.45, 7) is 7.75. The first-order valence-electron chi connectivity index (χ1n) is 6.55. The minimum Gasteiger partial charge on any atom is -0.496 e. The number of carbonyl (C=O) groups is 1. The summed E-state index contributed by atoms with van der Waals surface area (Å²) in [5.74, 6) is 0.798. The molecule has 1 heterocycles. The number of rotatable bonds is 3. The van der Waals surface area contributed by atoms with E-state index in [9.17, 15) is 4.79 Å². The third-order valence-corrected chi connectivity index (χ3v) is 4.08. The second-order valence-electron chi connectivity index (χ2n) is 5.67. The number of carbonyl (C=O) groups excluding carboxylic acids is 1. The maximum Gasteiger partial charge on any atom is 0.254 e. The zero-order valence-electron chi connectivity index (χ0n) is 12.4. The third-order valence-electron chi connectivity index (χ3n) is 3.46. The third kappa shape index (κ3) is 2.35. The van der Waals surface area contributed by atoms with E-state index in [0.717, 1.165) is 21.5 Å². The Morgan fingerprint density at radius 2 is 2.00 bits per heavy atom. The molecular weight excluding hydrogens is 320 g/mol. The Bertz CT molecular complexity index is 579. The lowest BCUT2D eigenvalue weighted by Gasteiger charge is -2.21. The summed E-state index contributed by atoms with van der Waals surface area (Å²) < 4.78 is 6.08. The summed E-state index contributed by atoms with van der Waals surface area (Å²) >= 11 is 3.47. The molecule has 1 aromatic carbocycles. The molecule has 1 aliphatic rings. The molecular formula is C15H19BrN2O2. The summed E-state index contributed by atoms with van der Waals surface area (Å²) in [5, 5.41) is 6.09. The van der Waals surface area contributed by atoms with Gasteiger partial charge in [0.05, 0.1) is 22.7 Å². The van der Waals surface area contributed by atoms with Crippen molar-refractivity contribution in [2.24, 2.45) is 10.5 Å². The number of hydrogen-bond donors (Lipinski definition) is 0. The van der Waals surface area contributed by atoms with Gasteiger partial charge in [-0.15, -0.1) is 0 Å². The van der Waals surface area contributed by atoms with Gasteiger partial charge in [-0.2, -0.15) is 5.10 Å². The molecule has 0 bridgehead atoms. The molecule has 1 aliphatic heterocycles. The van der Waals surface area contributed by atoms with Gasteiger partial charge in [-0.05, 0) is 61.8 Å². The minimum atomic E-state index is -0.613. The van der Waals surface area contributed by atoms with E-state index in [0.29, 0.717) is 0 Å². The Balaban J connectivity index is 2.48. The lowest BCUT2D eigenvalue weighted by molar-refractivity contribution is -0.136. The predicted octanol–water partition coefficient (Wildman–Crippen LogP) is 3.44. The Morgan fingerprint density at radius 1 is 1.35 bits per heavy atom. The van der Waals surface area contributed by atoms with Crippen LogP contribution in [0.3, 0.4) is 0 Å². The molecule has 0 fully saturated rings. The highest BCUT2D eigenvalue weighted by atomic mass is 79.9. The van der Waals surface area contributed by atoms with Gasteiger partial charge in [-0.25, -0.2) is 5.01 Å². The van der Waals surface area contributed by atoms with Gasteiger partial charge in [0.2, 0.25) is 0 Å². The highest BCUT2D eigenvalue weighted by molar-refractivity contribution is 9.10. The second kappa shape index (κ2) is 5.20. The molecule has 1 amide bonds. The van der Waals surface area contributed by atoms with Crippen LogP contribution in [-0.4, -0.2) is 29.8 Å². The van der Waals surface area contributed by atoms with Crippen LogP contribution in [0.5, 0.6) is 5.75 Å². The predicted molar refractivity (Wildman–Crippen MR) is 83.0 cm³/mol. The molecule has 20 heavy (non-hydrogen) atoms. The van der Waals surface area contributed by atoms with Crippen LogP contribution in [0.4, 0.5) is 0 Å². The van der Waals surface area contributed by atoms with E-state index in [1.165, 1.54) is 0 Å². The fourth-order valence-electron chi connectivity index (χ4n) is 2.25. The van der Waals surface area contributed by atoms with Gasteiger partial charge in [0.15, 0.2) is 0 Å². The molecule has 108 valence electrons. The zero-order valence-corrected chi connectivity index (χ0v) is 14.0. The van der Waals surface area contributed by atoms with Crippen LogP contribution in [0.2, 0.25) is 0 Å². The Labute approximate surface area is 127 Å². The molecule has 0 aliphatic carbocycles. The molecule has 2 rings (SSSR count). The standard InChI is InChI=1S/C15H19BrN2O2/c1-9(2)18-14(19)15(3,4)13(17-18)10-6-7-12(20-5)11(16)8-10/h6-9H,1-5H3. The average molecular weight is 339 g/mol. The number of halogens is 1. The Kier molecular flexibility index (Phi) is 3.91. The van der Waals surface area contributed by atoms with Crippen LogP contribution in [0.15, 0.2) is 27.8 Å². The highest BCUT2D eigenvalue weighted by Gasteiger charge is 2.44. The van der Waals surface area contributed by atoms with Gasteiger partial charge in [-0.3, -0.25) is 4.79 Å². The monoisotopic (exact) mass is 338 g/mol. The molecule has 5 heteroatoms. The Hall–Kier alpha value is -1.36. The molecule has 0 saturated heterocycles.